The first kappa shape index (κ1) is 17.1. The molecular formula is C12H13Cl2NO5. The molecule has 0 fully saturated rings. The number of aromatic nitrogens is 1. The Morgan fingerprint density at radius 3 is 2.20 bits per heavy atom. The van der Waals surface area contributed by atoms with E-state index in [1.54, 1.807) is 0 Å². The number of pyridine rings is 1. The zero-order valence-electron chi connectivity index (χ0n) is 10.3. The van der Waals surface area contributed by atoms with Gasteiger partial charge in [0.15, 0.2) is 18.9 Å². The van der Waals surface area contributed by atoms with Crippen LogP contribution in [0.3, 0.4) is 0 Å². The van der Waals surface area contributed by atoms with E-state index in [1.165, 1.54) is 10.8 Å². The first-order chi connectivity index (χ1) is 9.29. The molecule has 0 spiro atoms. The van der Waals surface area contributed by atoms with Crippen molar-refractivity contribution < 1.29 is 38.6 Å². The Kier molecular flexibility index (Phi) is 6.57. The van der Waals surface area contributed by atoms with Gasteiger partial charge >= 0.3 is 0 Å². The van der Waals surface area contributed by atoms with Crippen molar-refractivity contribution in [1.82, 2.24) is 0 Å². The molecule has 1 N–H and O–H groups in total. The Balaban J connectivity index is 0.000000347. The van der Waals surface area contributed by atoms with Crippen LogP contribution < -0.4 is 23.2 Å². The Morgan fingerprint density at radius 1 is 1.10 bits per heavy atom. The van der Waals surface area contributed by atoms with Gasteiger partial charge in [-0.1, -0.05) is 18.2 Å². The van der Waals surface area contributed by atoms with Crippen LogP contribution in [0, 0.1) is 10.2 Å². The standard InChI is InChI=1S/C12H13ClNO.ClHO4/c13-7-12(15)9-14-6-5-10-3-1-2-4-11(10)8-14;2-1(3,4)5/h1-6,8,12,15H,7,9H2;(H,2,3,4,5)/q+1;/p-1. The maximum Gasteiger partial charge on any atom is 0.176 e. The third kappa shape index (κ3) is 6.97. The lowest BCUT2D eigenvalue weighted by molar-refractivity contribution is -2.00. The van der Waals surface area contributed by atoms with Crippen LogP contribution in [-0.4, -0.2) is 17.1 Å². The Hall–Kier alpha value is -0.990. The fraction of sp³-hybridized carbons (Fsp3) is 0.250. The number of aliphatic hydroxyl groups excluding tert-OH is 1. The minimum atomic E-state index is -4.94. The number of hydrogen-bond donors (Lipinski definition) is 1. The maximum absolute atomic E-state index is 9.43. The van der Waals surface area contributed by atoms with Crippen LogP contribution in [0.2, 0.25) is 0 Å². The predicted molar refractivity (Wildman–Crippen MR) is 60.9 cm³/mol. The lowest BCUT2D eigenvalue weighted by atomic mass is 10.2. The maximum atomic E-state index is 9.43. The van der Waals surface area contributed by atoms with E-state index in [0.717, 1.165) is 0 Å². The summed E-state index contributed by atoms with van der Waals surface area (Å²) in [4.78, 5) is 0. The molecule has 1 heterocycles. The Morgan fingerprint density at radius 2 is 1.65 bits per heavy atom. The smallest absolute Gasteiger partial charge is 0.176 e. The largest absolute Gasteiger partial charge is 0.385 e. The van der Waals surface area contributed by atoms with Gasteiger partial charge in [-0.25, -0.2) is 23.2 Å². The summed E-state index contributed by atoms with van der Waals surface area (Å²) in [5, 5.41) is 11.8. The molecule has 1 aromatic carbocycles. The van der Waals surface area contributed by atoms with E-state index in [-0.39, 0.29) is 5.88 Å². The summed E-state index contributed by atoms with van der Waals surface area (Å²) in [5.74, 6) is 0.264. The molecule has 0 aliphatic rings. The van der Waals surface area contributed by atoms with Gasteiger partial charge in [0, 0.05) is 11.5 Å². The van der Waals surface area contributed by atoms with Crippen molar-refractivity contribution in [2.24, 2.45) is 0 Å². The molecule has 1 aromatic heterocycles. The molecule has 1 atom stereocenters. The van der Waals surface area contributed by atoms with E-state index in [4.69, 9.17) is 30.2 Å². The third-order valence-electron chi connectivity index (χ3n) is 2.35. The van der Waals surface area contributed by atoms with Crippen molar-refractivity contribution in [1.29, 1.82) is 0 Å². The fourth-order valence-electron chi connectivity index (χ4n) is 1.58. The van der Waals surface area contributed by atoms with Crippen LogP contribution in [-0.2, 0) is 6.54 Å². The molecule has 0 saturated carbocycles. The number of aliphatic hydroxyl groups is 1. The van der Waals surface area contributed by atoms with E-state index < -0.39 is 16.3 Å². The van der Waals surface area contributed by atoms with Crippen LogP contribution in [0.1, 0.15) is 0 Å². The van der Waals surface area contributed by atoms with Gasteiger partial charge in [0.25, 0.3) is 0 Å². The van der Waals surface area contributed by atoms with Crippen molar-refractivity contribution in [2.45, 2.75) is 12.6 Å². The molecule has 0 aliphatic heterocycles. The molecule has 8 heteroatoms. The van der Waals surface area contributed by atoms with Gasteiger partial charge in [-0.2, -0.15) is 0 Å². The second kappa shape index (κ2) is 7.70. The van der Waals surface area contributed by atoms with Crippen molar-refractivity contribution in [3.05, 3.63) is 42.7 Å². The van der Waals surface area contributed by atoms with E-state index in [2.05, 4.69) is 12.1 Å². The topological polar surface area (TPSA) is 116 Å². The monoisotopic (exact) mass is 321 g/mol. The van der Waals surface area contributed by atoms with Gasteiger partial charge in [0.1, 0.15) is 6.10 Å². The fourth-order valence-corrected chi connectivity index (χ4v) is 1.68. The number of benzene rings is 1. The second-order valence-corrected chi connectivity index (χ2v) is 5.02. The van der Waals surface area contributed by atoms with Crippen molar-refractivity contribution in [2.75, 3.05) is 5.88 Å². The summed E-state index contributed by atoms with van der Waals surface area (Å²) >= 11 is 5.56. The zero-order chi connectivity index (χ0) is 15.2. The molecular weight excluding hydrogens is 309 g/mol. The second-order valence-electron chi connectivity index (χ2n) is 3.96. The third-order valence-corrected chi connectivity index (χ3v) is 2.70. The molecule has 20 heavy (non-hydrogen) atoms. The summed E-state index contributed by atoms with van der Waals surface area (Å²) in [5.41, 5.74) is 0. The van der Waals surface area contributed by atoms with Gasteiger partial charge < -0.3 is 5.11 Å². The van der Waals surface area contributed by atoms with E-state index in [0.29, 0.717) is 6.54 Å². The van der Waals surface area contributed by atoms with Gasteiger partial charge in [-0.3, -0.25) is 0 Å². The normalized spacial score (nSPS) is 12.7. The van der Waals surface area contributed by atoms with E-state index >= 15 is 0 Å². The number of fused-ring (bicyclic) bond motifs is 1. The number of hydrogen-bond acceptors (Lipinski definition) is 5. The molecule has 110 valence electrons. The first-order valence-electron chi connectivity index (χ1n) is 5.53. The highest BCUT2D eigenvalue weighted by molar-refractivity contribution is 6.18. The quantitative estimate of drug-likeness (QED) is 0.477. The highest BCUT2D eigenvalue weighted by Gasteiger charge is 2.09. The molecule has 0 amide bonds. The summed E-state index contributed by atoms with van der Waals surface area (Å²) in [6, 6.07) is 10.2. The minimum Gasteiger partial charge on any atom is -0.385 e. The lowest BCUT2D eigenvalue weighted by Gasteiger charge is -2.17. The number of halogens is 2. The van der Waals surface area contributed by atoms with Gasteiger partial charge in [-0.05, 0) is 11.5 Å². The summed E-state index contributed by atoms with van der Waals surface area (Å²) in [6.45, 7) is 0.536. The van der Waals surface area contributed by atoms with Gasteiger partial charge in [0.2, 0.25) is 0 Å². The van der Waals surface area contributed by atoms with Gasteiger partial charge in [-0.15, -0.1) is 21.8 Å². The summed E-state index contributed by atoms with van der Waals surface area (Å²) in [7, 11) is -4.94. The number of rotatable bonds is 3. The highest BCUT2D eigenvalue weighted by atomic mass is 35.7. The van der Waals surface area contributed by atoms with E-state index in [9.17, 15) is 5.11 Å². The van der Waals surface area contributed by atoms with Crippen LogP contribution in [0.4, 0.5) is 0 Å². The van der Waals surface area contributed by atoms with Crippen molar-refractivity contribution in [3.8, 4) is 0 Å². The van der Waals surface area contributed by atoms with Crippen LogP contribution in [0.5, 0.6) is 0 Å². The molecule has 0 saturated heterocycles. The predicted octanol–water partition coefficient (Wildman–Crippen LogP) is -3.03. The summed E-state index contributed by atoms with van der Waals surface area (Å²) in [6.07, 6.45) is 3.49. The van der Waals surface area contributed by atoms with Crippen molar-refractivity contribution in [3.63, 3.8) is 0 Å². The molecule has 6 nitrogen and oxygen atoms in total. The number of alkyl halides is 1. The average molecular weight is 322 g/mol. The zero-order valence-corrected chi connectivity index (χ0v) is 11.8. The minimum absolute atomic E-state index is 0.264. The summed E-state index contributed by atoms with van der Waals surface area (Å²) < 4.78 is 35.9. The molecule has 0 radical (unpaired) electrons. The van der Waals surface area contributed by atoms with Crippen LogP contribution in [0.15, 0.2) is 42.7 Å². The first-order valence-corrected chi connectivity index (χ1v) is 7.30. The molecule has 0 bridgehead atoms. The van der Waals surface area contributed by atoms with Crippen LogP contribution >= 0.6 is 11.6 Å². The lowest BCUT2D eigenvalue weighted by Crippen LogP contribution is -2.68. The average Bonchev–Trinajstić information content (AvgIpc) is 2.36. The van der Waals surface area contributed by atoms with Gasteiger partial charge in [0.05, 0.1) is 5.88 Å². The van der Waals surface area contributed by atoms with Crippen LogP contribution in [0.25, 0.3) is 10.8 Å². The molecule has 2 rings (SSSR count). The number of nitrogens with zero attached hydrogens (tertiary/aromatic N) is 1. The SMILES string of the molecule is OC(CCl)C[n+]1ccc2ccccc2c1.[O-][Cl+3]([O-])([O-])[O-]. The molecule has 1 unspecified atom stereocenters. The Labute approximate surface area is 122 Å². The molecule has 0 aliphatic carbocycles. The molecule has 2 aromatic rings. The highest BCUT2D eigenvalue weighted by Crippen LogP contribution is 2.09. The van der Waals surface area contributed by atoms with Crippen molar-refractivity contribution >= 4 is 22.4 Å². The Bertz CT molecular complexity index is 541. The van der Waals surface area contributed by atoms with E-state index in [1.807, 2.05) is 35.2 Å².